The van der Waals surface area contributed by atoms with Crippen molar-refractivity contribution in [2.24, 2.45) is 0 Å². The molecule has 0 bridgehead atoms. The topological polar surface area (TPSA) is 63.2 Å². The lowest BCUT2D eigenvalue weighted by atomic mass is 10.1. The summed E-state index contributed by atoms with van der Waals surface area (Å²) in [5, 5.41) is 1.55. The first-order valence-corrected chi connectivity index (χ1v) is 9.60. The zero-order valence-corrected chi connectivity index (χ0v) is 14.7. The van der Waals surface area contributed by atoms with Crippen LogP contribution in [0.5, 0.6) is 0 Å². The van der Waals surface area contributed by atoms with Crippen molar-refractivity contribution in [3.05, 3.63) is 102 Å². The van der Waals surface area contributed by atoms with Gasteiger partial charge in [-0.2, -0.15) is 0 Å². The second kappa shape index (κ2) is 7.80. The highest BCUT2D eigenvalue weighted by Gasteiger charge is 2.18. The number of amides is 1. The van der Waals surface area contributed by atoms with E-state index in [1.165, 1.54) is 6.07 Å². The molecule has 0 aliphatic heterocycles. The van der Waals surface area contributed by atoms with Gasteiger partial charge in [-0.3, -0.25) is 14.3 Å². The Morgan fingerprint density at radius 1 is 0.808 bits per heavy atom. The van der Waals surface area contributed by atoms with Crippen LogP contribution >= 0.6 is 0 Å². The number of hydrogen-bond donors (Lipinski definition) is 1. The predicted octanol–water partition coefficient (Wildman–Crippen LogP) is 3.34. The third-order valence-corrected chi connectivity index (χ3v) is 5.84. The van der Waals surface area contributed by atoms with E-state index >= 15 is 0 Å². The number of carbonyl (C=O) groups excluding carboxylic acids is 2. The third kappa shape index (κ3) is 3.90. The fourth-order valence-corrected chi connectivity index (χ4v) is 4.30. The molecule has 0 radical (unpaired) electrons. The minimum atomic E-state index is -3.03. The van der Waals surface area contributed by atoms with Gasteiger partial charge in [0, 0.05) is 10.9 Å². The fourth-order valence-electron chi connectivity index (χ4n) is 2.50. The van der Waals surface area contributed by atoms with Crippen LogP contribution in [0, 0.1) is 0 Å². The molecule has 0 spiro atoms. The van der Waals surface area contributed by atoms with Crippen molar-refractivity contribution in [3.8, 4) is 0 Å². The van der Waals surface area contributed by atoms with Gasteiger partial charge in [-0.1, -0.05) is 66.7 Å². The molecule has 1 unspecified atom stereocenters. The molecule has 130 valence electrons. The van der Waals surface area contributed by atoms with Crippen LogP contribution in [0.3, 0.4) is 0 Å². The van der Waals surface area contributed by atoms with Crippen LogP contribution in [0.4, 0.5) is 0 Å². The molecule has 5 heteroatoms. The lowest BCUT2D eigenvalue weighted by Gasteiger charge is -2.14. The number of aldehydes is 1. The van der Waals surface area contributed by atoms with Gasteiger partial charge in [-0.05, 0) is 23.8 Å². The van der Waals surface area contributed by atoms with Crippen molar-refractivity contribution in [1.82, 2.24) is 4.72 Å². The molecule has 0 aliphatic carbocycles. The summed E-state index contributed by atoms with van der Waals surface area (Å²) in [6.45, 7) is 0. The first-order chi connectivity index (χ1) is 12.6. The Bertz CT molecular complexity index is 1040. The summed E-state index contributed by atoms with van der Waals surface area (Å²) in [5.41, 5.74) is 1.16. The van der Waals surface area contributed by atoms with Crippen LogP contribution in [-0.2, 0) is 9.71 Å². The van der Waals surface area contributed by atoms with Gasteiger partial charge < -0.3 is 0 Å². The number of benzene rings is 3. The van der Waals surface area contributed by atoms with E-state index in [2.05, 4.69) is 4.72 Å². The largest absolute Gasteiger partial charge is 0.298 e. The van der Waals surface area contributed by atoms with Crippen molar-refractivity contribution in [2.75, 3.05) is 0 Å². The van der Waals surface area contributed by atoms with Crippen LogP contribution in [0.1, 0.15) is 26.3 Å². The van der Waals surface area contributed by atoms with Gasteiger partial charge in [0.15, 0.2) is 6.29 Å². The first kappa shape index (κ1) is 17.6. The van der Waals surface area contributed by atoms with Gasteiger partial charge >= 0.3 is 0 Å². The molecule has 26 heavy (non-hydrogen) atoms. The van der Waals surface area contributed by atoms with Gasteiger partial charge in [0.25, 0.3) is 5.91 Å². The lowest BCUT2D eigenvalue weighted by molar-refractivity contribution is 0.0976. The molecular weight excluding hydrogens is 346 g/mol. The second-order valence-electron chi connectivity index (χ2n) is 5.58. The average molecular weight is 363 g/mol. The van der Waals surface area contributed by atoms with E-state index in [1.807, 2.05) is 36.4 Å². The van der Waals surface area contributed by atoms with E-state index < -0.39 is 15.6 Å². The minimum absolute atomic E-state index is 0.188. The molecule has 0 aliphatic rings. The third-order valence-electron chi connectivity index (χ3n) is 3.77. The molecule has 0 fully saturated rings. The summed E-state index contributed by atoms with van der Waals surface area (Å²) in [5.74, 6) is -0.561. The summed E-state index contributed by atoms with van der Waals surface area (Å²) in [4.78, 5) is 24.4. The molecule has 3 aromatic rings. The lowest BCUT2D eigenvalue weighted by Crippen LogP contribution is -2.32. The zero-order chi connectivity index (χ0) is 18.4. The molecule has 1 atom stereocenters. The standard InChI is InChI=1S/C21H17NO3S/c23-15-18-11-7-8-14-20(18)21(24)22-26(25,19-12-5-2-6-13-19)16-17-9-3-1-4-10-17/h1-16H,(H,22,24,25). The first-order valence-electron chi connectivity index (χ1n) is 7.98. The Hall–Kier alpha value is -3.18. The summed E-state index contributed by atoms with van der Waals surface area (Å²) in [6, 6.07) is 24.3. The van der Waals surface area contributed by atoms with Gasteiger partial charge in [-0.25, -0.2) is 4.21 Å². The Morgan fingerprint density at radius 3 is 2.04 bits per heavy atom. The van der Waals surface area contributed by atoms with E-state index in [0.717, 1.165) is 5.56 Å². The quantitative estimate of drug-likeness (QED) is 0.559. The zero-order valence-electron chi connectivity index (χ0n) is 13.9. The van der Waals surface area contributed by atoms with Crippen molar-refractivity contribution in [1.29, 1.82) is 0 Å². The van der Waals surface area contributed by atoms with Gasteiger partial charge in [0.1, 0.15) is 0 Å². The van der Waals surface area contributed by atoms with E-state index in [0.29, 0.717) is 11.2 Å². The summed E-state index contributed by atoms with van der Waals surface area (Å²) in [6.07, 6.45) is 0.611. The summed E-state index contributed by atoms with van der Waals surface area (Å²) >= 11 is 0. The molecule has 4 nitrogen and oxygen atoms in total. The highest BCUT2D eigenvalue weighted by Crippen LogP contribution is 2.13. The smallest absolute Gasteiger partial charge is 0.263 e. The van der Waals surface area contributed by atoms with Crippen molar-refractivity contribution in [2.45, 2.75) is 4.90 Å². The predicted molar refractivity (Wildman–Crippen MR) is 104 cm³/mol. The average Bonchev–Trinajstić information content (AvgIpc) is 2.69. The molecule has 3 aromatic carbocycles. The number of carbonyl (C=O) groups is 2. The van der Waals surface area contributed by atoms with Crippen LogP contribution in [-0.4, -0.2) is 21.8 Å². The Morgan fingerprint density at radius 2 is 1.38 bits per heavy atom. The SMILES string of the molecule is O=Cc1ccccc1C(=O)NS(=O)(=Cc1ccccc1)c1ccccc1. The molecule has 1 N–H and O–H groups in total. The van der Waals surface area contributed by atoms with E-state index in [9.17, 15) is 13.8 Å². The molecular formula is C21H17NO3S. The number of nitrogens with one attached hydrogen (secondary N) is 1. The second-order valence-corrected chi connectivity index (χ2v) is 7.69. The maximum atomic E-state index is 13.7. The Kier molecular flexibility index (Phi) is 5.29. The maximum Gasteiger partial charge on any atom is 0.263 e. The monoisotopic (exact) mass is 363 g/mol. The molecule has 0 saturated heterocycles. The molecule has 0 aromatic heterocycles. The van der Waals surface area contributed by atoms with Crippen molar-refractivity contribution >= 4 is 27.3 Å². The van der Waals surface area contributed by atoms with E-state index in [-0.39, 0.29) is 11.1 Å². The van der Waals surface area contributed by atoms with Gasteiger partial charge in [0.05, 0.1) is 20.2 Å². The maximum absolute atomic E-state index is 13.7. The number of rotatable bonds is 5. The Labute approximate surface area is 152 Å². The molecule has 0 heterocycles. The number of hydrogen-bond acceptors (Lipinski definition) is 3. The highest BCUT2D eigenvalue weighted by molar-refractivity contribution is 8.00. The van der Waals surface area contributed by atoms with Crippen LogP contribution < -0.4 is 4.72 Å². The van der Waals surface area contributed by atoms with E-state index in [4.69, 9.17) is 0 Å². The van der Waals surface area contributed by atoms with Crippen molar-refractivity contribution < 1.29 is 13.8 Å². The van der Waals surface area contributed by atoms with Crippen LogP contribution in [0.25, 0.3) is 0 Å². The normalized spacial score (nSPS) is 12.6. The molecule has 0 saturated carbocycles. The van der Waals surface area contributed by atoms with Gasteiger partial charge in [-0.15, -0.1) is 0 Å². The van der Waals surface area contributed by atoms with Crippen molar-refractivity contribution in [3.63, 3.8) is 0 Å². The summed E-state index contributed by atoms with van der Waals surface area (Å²) in [7, 11) is -3.03. The summed E-state index contributed by atoms with van der Waals surface area (Å²) < 4.78 is 16.3. The van der Waals surface area contributed by atoms with Crippen LogP contribution in [0.15, 0.2) is 89.8 Å². The minimum Gasteiger partial charge on any atom is -0.298 e. The van der Waals surface area contributed by atoms with E-state index in [1.54, 1.807) is 47.8 Å². The molecule has 3 rings (SSSR count). The Balaban J connectivity index is 2.08. The molecule has 1 amide bonds. The van der Waals surface area contributed by atoms with Gasteiger partial charge in [0.2, 0.25) is 0 Å². The van der Waals surface area contributed by atoms with Crippen LogP contribution in [0.2, 0.25) is 0 Å². The highest BCUT2D eigenvalue weighted by atomic mass is 32.2. The fraction of sp³-hybridized carbons (Fsp3) is 0.